The van der Waals surface area contributed by atoms with Crippen LogP contribution >= 0.6 is 11.8 Å². The van der Waals surface area contributed by atoms with Crippen LogP contribution in [0.2, 0.25) is 0 Å². The summed E-state index contributed by atoms with van der Waals surface area (Å²) in [5, 5.41) is 14.5. The molecule has 3 aromatic carbocycles. The van der Waals surface area contributed by atoms with E-state index in [4.69, 9.17) is 4.55 Å². The lowest BCUT2D eigenvalue weighted by atomic mass is 10.0. The standard InChI is InChI=1S/C45H55N7O11S2/c1-3-4-13-35(42(56)46-23-21-29-10-6-5-7-11-29)50-44(58)37(26-31-27-47-34-14-9-8-12-33(31)34)49-39(53)28-48-43(57)36(22-24-64-2)51-45(59)38(52-40(54)19-20-41(52)55)25-30-15-17-32(18-16-30)63-65(60,61)62/h5-12,14-18,27,35-38,47H,3-4,13,19-26,28H2,1-2H3,(H,46,56)(H,48,57)(H,49,53)(H,50,58)(H,51,59)(H,60,61,62)/t35-,36-,37+,38-/m0/s1. The number of para-hydroxylation sites is 1. The molecule has 1 aliphatic heterocycles. The lowest BCUT2D eigenvalue weighted by Gasteiger charge is -2.28. The highest BCUT2D eigenvalue weighted by Crippen LogP contribution is 2.22. The number of aromatic nitrogens is 1. The van der Waals surface area contributed by atoms with Crippen LogP contribution in [0.3, 0.4) is 0 Å². The van der Waals surface area contributed by atoms with Crippen LogP contribution in [0.15, 0.2) is 85.1 Å². The van der Waals surface area contributed by atoms with Crippen molar-refractivity contribution in [2.45, 2.75) is 88.9 Å². The number of thioether (sulfide) groups is 1. The molecule has 1 saturated heterocycles. The number of carbonyl (C=O) groups excluding carboxylic acids is 7. The van der Waals surface area contributed by atoms with E-state index >= 15 is 0 Å². The number of imide groups is 1. The molecule has 1 aromatic heterocycles. The van der Waals surface area contributed by atoms with E-state index in [1.165, 1.54) is 36.0 Å². The summed E-state index contributed by atoms with van der Waals surface area (Å²) in [6, 6.07) is 17.7. The SMILES string of the molecule is CCCC[C@H](NC(=O)[C@@H](Cc1c[nH]c2ccccc12)NC(=O)CNC(=O)[C@H](CCSC)NC(=O)[C@H](Cc1ccc(OS(=O)(=O)O)cc1)N1C(=O)CCC1=O)C(=O)NCCc1ccccc1. The summed E-state index contributed by atoms with van der Waals surface area (Å²) < 4.78 is 35.7. The summed E-state index contributed by atoms with van der Waals surface area (Å²) >= 11 is 1.39. The van der Waals surface area contributed by atoms with Crippen LogP contribution in [0.1, 0.15) is 62.1 Å². The summed E-state index contributed by atoms with van der Waals surface area (Å²) in [5.41, 5.74) is 2.99. The van der Waals surface area contributed by atoms with Crippen molar-refractivity contribution in [2.75, 3.05) is 25.1 Å². The molecule has 18 nitrogen and oxygen atoms in total. The lowest BCUT2D eigenvalue weighted by molar-refractivity contribution is -0.147. The second-order valence-electron chi connectivity index (χ2n) is 15.5. The first kappa shape index (κ1) is 49.8. The zero-order valence-corrected chi connectivity index (χ0v) is 37.8. The summed E-state index contributed by atoms with van der Waals surface area (Å²) in [4.78, 5) is 98.5. The van der Waals surface area contributed by atoms with Crippen molar-refractivity contribution in [3.05, 3.63) is 102 Å². The molecule has 4 aromatic rings. The van der Waals surface area contributed by atoms with Crippen molar-refractivity contribution in [1.82, 2.24) is 36.5 Å². The molecule has 7 N–H and O–H groups in total. The average Bonchev–Trinajstić information content (AvgIpc) is 3.85. The summed E-state index contributed by atoms with van der Waals surface area (Å²) in [6.45, 7) is 1.74. The number of hydrogen-bond donors (Lipinski definition) is 7. The molecular formula is C45H55N7O11S2. The summed E-state index contributed by atoms with van der Waals surface area (Å²) in [6.07, 6.45) is 5.65. The fourth-order valence-electron chi connectivity index (χ4n) is 7.35. The molecule has 65 heavy (non-hydrogen) atoms. The average molecular weight is 934 g/mol. The highest BCUT2D eigenvalue weighted by molar-refractivity contribution is 7.98. The second-order valence-corrected chi connectivity index (χ2v) is 17.5. The van der Waals surface area contributed by atoms with Crippen molar-refractivity contribution in [3.63, 3.8) is 0 Å². The number of nitrogens with zero attached hydrogens (tertiary/aromatic N) is 1. The predicted octanol–water partition coefficient (Wildman–Crippen LogP) is 2.53. The van der Waals surface area contributed by atoms with Crippen LogP contribution in [-0.4, -0.2) is 113 Å². The Labute approximate surface area is 381 Å². The van der Waals surface area contributed by atoms with E-state index in [9.17, 15) is 42.0 Å². The van der Waals surface area contributed by atoms with Crippen molar-refractivity contribution in [3.8, 4) is 5.75 Å². The van der Waals surface area contributed by atoms with Crippen LogP contribution in [0.5, 0.6) is 5.75 Å². The summed E-state index contributed by atoms with van der Waals surface area (Å²) in [7, 11) is -4.80. The number of nitrogens with one attached hydrogen (secondary N) is 6. The Hall–Kier alpha value is -6.25. The number of fused-ring (bicyclic) bond motifs is 1. The minimum absolute atomic E-state index is 0.0453. The summed E-state index contributed by atoms with van der Waals surface area (Å²) in [5.74, 6) is -4.24. The normalized spacial score (nSPS) is 14.5. The van der Waals surface area contributed by atoms with Gasteiger partial charge < -0.3 is 35.8 Å². The first-order chi connectivity index (χ1) is 31.1. The van der Waals surface area contributed by atoms with E-state index in [2.05, 4.69) is 35.8 Å². The van der Waals surface area contributed by atoms with Gasteiger partial charge in [-0.05, 0) is 66.2 Å². The monoisotopic (exact) mass is 933 g/mol. The Balaban J connectivity index is 1.28. The van der Waals surface area contributed by atoms with Gasteiger partial charge in [0.05, 0.1) is 6.54 Å². The van der Waals surface area contributed by atoms with Crippen LogP contribution in [0.25, 0.3) is 10.9 Å². The van der Waals surface area contributed by atoms with Gasteiger partial charge in [0.15, 0.2) is 0 Å². The van der Waals surface area contributed by atoms with Crippen LogP contribution in [0, 0.1) is 0 Å². The Morgan fingerprint density at radius 3 is 2.09 bits per heavy atom. The number of benzene rings is 3. The van der Waals surface area contributed by atoms with Crippen LogP contribution < -0.4 is 30.8 Å². The third kappa shape index (κ3) is 15.2. The van der Waals surface area contributed by atoms with Gasteiger partial charge in [-0.25, -0.2) is 0 Å². The predicted molar refractivity (Wildman–Crippen MR) is 244 cm³/mol. The van der Waals surface area contributed by atoms with E-state index in [-0.39, 0.29) is 43.8 Å². The molecule has 348 valence electrons. The van der Waals surface area contributed by atoms with Gasteiger partial charge in [-0.3, -0.25) is 43.0 Å². The fraction of sp³-hybridized carbons (Fsp3) is 0.400. The molecule has 0 saturated carbocycles. The molecule has 0 unspecified atom stereocenters. The maximum atomic E-state index is 14.1. The second kappa shape index (κ2) is 24.2. The van der Waals surface area contributed by atoms with E-state index in [0.717, 1.165) is 33.4 Å². The number of amides is 7. The maximum absolute atomic E-state index is 14.1. The van der Waals surface area contributed by atoms with E-state index in [1.807, 2.05) is 61.5 Å². The maximum Gasteiger partial charge on any atom is 0.446 e. The Kier molecular flexibility index (Phi) is 18.5. The zero-order chi connectivity index (χ0) is 46.9. The number of carbonyl (C=O) groups is 7. The number of hydrogen-bond acceptors (Lipinski definition) is 11. The van der Waals surface area contributed by atoms with Gasteiger partial charge in [-0.1, -0.05) is 80.4 Å². The first-order valence-corrected chi connectivity index (χ1v) is 24.1. The smallest absolute Gasteiger partial charge is 0.362 e. The minimum atomic E-state index is -4.80. The lowest BCUT2D eigenvalue weighted by Crippen LogP contribution is -2.57. The molecule has 0 bridgehead atoms. The highest BCUT2D eigenvalue weighted by Gasteiger charge is 2.40. The Morgan fingerprint density at radius 2 is 1.42 bits per heavy atom. The highest BCUT2D eigenvalue weighted by atomic mass is 32.3. The topological polar surface area (TPSA) is 262 Å². The quantitative estimate of drug-likeness (QED) is 0.0374. The number of likely N-dealkylation sites (tertiary alicyclic amines) is 1. The molecule has 7 amide bonds. The van der Waals surface area contributed by atoms with Crippen LogP contribution in [0.4, 0.5) is 0 Å². The molecule has 0 aliphatic carbocycles. The molecular weight excluding hydrogens is 879 g/mol. The van der Waals surface area contributed by atoms with Gasteiger partial charge >= 0.3 is 10.4 Å². The van der Waals surface area contributed by atoms with Crippen LogP contribution in [-0.2, 0) is 63.2 Å². The van der Waals surface area contributed by atoms with E-state index < -0.39 is 76.6 Å². The molecule has 0 radical (unpaired) electrons. The van der Waals surface area contributed by atoms with Crippen molar-refractivity contribution in [1.29, 1.82) is 0 Å². The van der Waals surface area contributed by atoms with Gasteiger partial charge in [0, 0.05) is 49.3 Å². The Morgan fingerprint density at radius 1 is 0.769 bits per heavy atom. The molecule has 0 spiro atoms. The van der Waals surface area contributed by atoms with Gasteiger partial charge in [-0.15, -0.1) is 0 Å². The fourth-order valence-corrected chi connectivity index (χ4v) is 8.18. The van der Waals surface area contributed by atoms with Gasteiger partial charge in [-0.2, -0.15) is 20.2 Å². The van der Waals surface area contributed by atoms with Gasteiger partial charge in [0.25, 0.3) is 0 Å². The molecule has 20 heteroatoms. The third-order valence-corrected chi connectivity index (χ3v) is 11.8. The molecule has 1 fully saturated rings. The minimum Gasteiger partial charge on any atom is -0.362 e. The zero-order valence-electron chi connectivity index (χ0n) is 36.2. The van der Waals surface area contributed by atoms with Gasteiger partial charge in [0.2, 0.25) is 41.4 Å². The molecule has 4 atom stereocenters. The van der Waals surface area contributed by atoms with Gasteiger partial charge in [0.1, 0.15) is 29.9 Å². The number of rotatable bonds is 25. The van der Waals surface area contributed by atoms with E-state index in [0.29, 0.717) is 37.1 Å². The third-order valence-electron chi connectivity index (χ3n) is 10.7. The number of H-pyrrole nitrogens is 1. The number of unbranched alkanes of at least 4 members (excludes halogenated alkanes) is 1. The molecule has 1 aliphatic rings. The molecule has 5 rings (SSSR count). The van der Waals surface area contributed by atoms with Crippen molar-refractivity contribution >= 4 is 74.4 Å². The first-order valence-electron chi connectivity index (χ1n) is 21.3. The van der Waals surface area contributed by atoms with Crippen molar-refractivity contribution < 1.29 is 50.7 Å². The molecule has 2 heterocycles. The van der Waals surface area contributed by atoms with E-state index in [1.54, 1.807) is 12.5 Å². The van der Waals surface area contributed by atoms with Crippen molar-refractivity contribution in [2.24, 2.45) is 0 Å². The number of aromatic amines is 1. The Bertz CT molecular complexity index is 2400. The largest absolute Gasteiger partial charge is 0.446 e.